The van der Waals surface area contributed by atoms with Crippen molar-refractivity contribution in [2.45, 2.75) is 17.1 Å². The van der Waals surface area contributed by atoms with Crippen LogP contribution in [0.2, 0.25) is 0 Å². The molecule has 2 heterocycles. The van der Waals surface area contributed by atoms with Crippen LogP contribution in [0.3, 0.4) is 0 Å². The van der Waals surface area contributed by atoms with E-state index in [1.54, 1.807) is 29.4 Å². The molecule has 1 unspecified atom stereocenters. The second-order valence-electron chi connectivity index (χ2n) is 3.24. The van der Waals surface area contributed by atoms with Gasteiger partial charge in [-0.15, -0.1) is 11.8 Å². The molecule has 0 saturated heterocycles. The molecular weight excluding hydrogens is 226 g/mol. The van der Waals surface area contributed by atoms with Crippen LogP contribution in [0, 0.1) is 6.92 Å². The predicted molar refractivity (Wildman–Crippen MR) is 65.4 cm³/mol. The van der Waals surface area contributed by atoms with Gasteiger partial charge < -0.3 is 10.2 Å². The first-order chi connectivity index (χ1) is 7.31. The zero-order valence-electron chi connectivity index (χ0n) is 8.47. The van der Waals surface area contributed by atoms with E-state index in [9.17, 15) is 0 Å². The fourth-order valence-electron chi connectivity index (χ4n) is 1.36. The van der Waals surface area contributed by atoms with Crippen molar-refractivity contribution >= 4 is 23.1 Å². The molecule has 1 atom stereocenters. The van der Waals surface area contributed by atoms with Crippen molar-refractivity contribution < 1.29 is 4.42 Å². The largest absolute Gasteiger partial charge is 0.468 e. The summed E-state index contributed by atoms with van der Waals surface area (Å²) < 4.78 is 5.27. The van der Waals surface area contributed by atoms with Crippen molar-refractivity contribution in [1.29, 1.82) is 0 Å². The maximum absolute atomic E-state index is 5.78. The maximum atomic E-state index is 5.78. The normalized spacial score (nSPS) is 12.9. The van der Waals surface area contributed by atoms with Crippen LogP contribution >= 0.6 is 23.1 Å². The minimum atomic E-state index is 0.326. The molecule has 0 saturated carbocycles. The molecule has 2 aromatic rings. The Labute approximate surface area is 97.5 Å². The van der Waals surface area contributed by atoms with Crippen LogP contribution in [0.4, 0.5) is 0 Å². The number of aryl methyl sites for hydroxylation is 1. The standard InChI is InChI=1S/C11H13NOS2/c1-8-10(2-4-13-8)15-11(6-12)9-3-5-14-7-9/h2-5,7,11H,6,12H2,1H3. The Hall–Kier alpha value is -0.710. The van der Waals surface area contributed by atoms with Crippen LogP contribution in [-0.4, -0.2) is 6.54 Å². The van der Waals surface area contributed by atoms with Gasteiger partial charge in [0, 0.05) is 16.7 Å². The summed E-state index contributed by atoms with van der Waals surface area (Å²) in [5.74, 6) is 0.966. The third kappa shape index (κ3) is 2.45. The highest BCUT2D eigenvalue weighted by Gasteiger charge is 2.14. The molecule has 0 aliphatic rings. The molecule has 2 nitrogen and oxygen atoms in total. The molecule has 2 rings (SSSR count). The molecule has 4 heteroatoms. The highest BCUT2D eigenvalue weighted by Crippen LogP contribution is 2.37. The lowest BCUT2D eigenvalue weighted by Crippen LogP contribution is -2.08. The van der Waals surface area contributed by atoms with Crippen molar-refractivity contribution in [2.75, 3.05) is 6.54 Å². The van der Waals surface area contributed by atoms with Crippen LogP contribution in [-0.2, 0) is 0 Å². The Morgan fingerprint density at radius 3 is 2.93 bits per heavy atom. The second kappa shape index (κ2) is 4.88. The van der Waals surface area contributed by atoms with Crippen LogP contribution in [0.15, 0.2) is 38.5 Å². The average Bonchev–Trinajstić information content (AvgIpc) is 2.86. The minimum absolute atomic E-state index is 0.326. The van der Waals surface area contributed by atoms with Gasteiger partial charge >= 0.3 is 0 Å². The summed E-state index contributed by atoms with van der Waals surface area (Å²) in [7, 11) is 0. The zero-order valence-corrected chi connectivity index (χ0v) is 10.1. The first-order valence-corrected chi connectivity index (χ1v) is 6.56. The van der Waals surface area contributed by atoms with E-state index in [0.29, 0.717) is 11.8 Å². The average molecular weight is 239 g/mol. The minimum Gasteiger partial charge on any atom is -0.468 e. The fraction of sp³-hybridized carbons (Fsp3) is 0.273. The van der Waals surface area contributed by atoms with Gasteiger partial charge in [0.05, 0.1) is 6.26 Å². The third-order valence-electron chi connectivity index (χ3n) is 2.21. The molecule has 0 aromatic carbocycles. The summed E-state index contributed by atoms with van der Waals surface area (Å²) in [5.41, 5.74) is 7.08. The number of furan rings is 1. The molecule has 2 N–H and O–H groups in total. The van der Waals surface area contributed by atoms with E-state index in [4.69, 9.17) is 10.2 Å². The Balaban J connectivity index is 2.13. The molecule has 15 heavy (non-hydrogen) atoms. The highest BCUT2D eigenvalue weighted by atomic mass is 32.2. The Morgan fingerprint density at radius 1 is 1.53 bits per heavy atom. The summed E-state index contributed by atoms with van der Waals surface area (Å²) >= 11 is 3.48. The van der Waals surface area contributed by atoms with E-state index < -0.39 is 0 Å². The van der Waals surface area contributed by atoms with E-state index in [2.05, 4.69) is 16.8 Å². The van der Waals surface area contributed by atoms with Gasteiger partial charge in [-0.3, -0.25) is 0 Å². The van der Waals surface area contributed by atoms with Gasteiger partial charge in [-0.05, 0) is 35.4 Å². The maximum Gasteiger partial charge on any atom is 0.114 e. The van der Waals surface area contributed by atoms with Gasteiger partial charge in [0.2, 0.25) is 0 Å². The summed E-state index contributed by atoms with van der Waals surface area (Å²) in [6, 6.07) is 4.12. The third-order valence-corrected chi connectivity index (χ3v) is 4.34. The molecule has 0 bridgehead atoms. The number of hydrogen-bond acceptors (Lipinski definition) is 4. The topological polar surface area (TPSA) is 39.2 Å². The SMILES string of the molecule is Cc1occc1SC(CN)c1ccsc1. The van der Waals surface area contributed by atoms with E-state index in [1.165, 1.54) is 10.5 Å². The smallest absolute Gasteiger partial charge is 0.114 e. The molecular formula is C11H13NOS2. The molecule has 0 radical (unpaired) electrons. The van der Waals surface area contributed by atoms with E-state index in [-0.39, 0.29) is 0 Å². The van der Waals surface area contributed by atoms with Crippen molar-refractivity contribution in [3.05, 3.63) is 40.5 Å². The lowest BCUT2D eigenvalue weighted by Gasteiger charge is -2.11. The Kier molecular flexibility index (Phi) is 3.51. The number of thioether (sulfide) groups is 1. The van der Waals surface area contributed by atoms with Crippen molar-refractivity contribution in [3.8, 4) is 0 Å². The van der Waals surface area contributed by atoms with E-state index in [1.807, 2.05) is 13.0 Å². The quantitative estimate of drug-likeness (QED) is 0.831. The highest BCUT2D eigenvalue weighted by molar-refractivity contribution is 7.99. The predicted octanol–water partition coefficient (Wildman–Crippen LogP) is 3.44. The number of thiophene rings is 1. The van der Waals surface area contributed by atoms with Crippen LogP contribution in [0.1, 0.15) is 16.6 Å². The Morgan fingerprint density at radius 2 is 2.40 bits per heavy atom. The number of rotatable bonds is 4. The van der Waals surface area contributed by atoms with Crippen LogP contribution in [0.5, 0.6) is 0 Å². The molecule has 2 aromatic heterocycles. The molecule has 0 aliphatic carbocycles. The first kappa shape index (κ1) is 10.8. The van der Waals surface area contributed by atoms with Crippen molar-refractivity contribution in [2.24, 2.45) is 5.73 Å². The second-order valence-corrected chi connectivity index (χ2v) is 5.26. The van der Waals surface area contributed by atoms with Gasteiger partial charge in [-0.25, -0.2) is 0 Å². The number of nitrogens with two attached hydrogens (primary N) is 1. The lowest BCUT2D eigenvalue weighted by molar-refractivity contribution is 0.526. The van der Waals surface area contributed by atoms with Crippen molar-refractivity contribution in [3.63, 3.8) is 0 Å². The van der Waals surface area contributed by atoms with Gasteiger partial charge in [-0.2, -0.15) is 11.3 Å². The molecule has 0 amide bonds. The fourth-order valence-corrected chi connectivity index (χ4v) is 3.19. The molecule has 0 spiro atoms. The zero-order chi connectivity index (χ0) is 10.7. The molecule has 80 valence electrons. The van der Waals surface area contributed by atoms with Gasteiger partial charge in [0.15, 0.2) is 0 Å². The lowest BCUT2D eigenvalue weighted by atomic mass is 10.2. The summed E-state index contributed by atoms with van der Waals surface area (Å²) in [6.07, 6.45) is 1.72. The summed E-state index contributed by atoms with van der Waals surface area (Å²) in [6.45, 7) is 2.62. The van der Waals surface area contributed by atoms with Gasteiger partial charge in [-0.1, -0.05) is 0 Å². The first-order valence-electron chi connectivity index (χ1n) is 4.74. The molecule has 0 aliphatic heterocycles. The van der Waals surface area contributed by atoms with E-state index in [0.717, 1.165) is 5.76 Å². The Bertz CT molecular complexity index is 408. The van der Waals surface area contributed by atoms with Crippen LogP contribution in [0.25, 0.3) is 0 Å². The van der Waals surface area contributed by atoms with Crippen LogP contribution < -0.4 is 5.73 Å². The molecule has 0 fully saturated rings. The monoisotopic (exact) mass is 239 g/mol. The van der Waals surface area contributed by atoms with Gasteiger partial charge in [0.1, 0.15) is 5.76 Å². The van der Waals surface area contributed by atoms with E-state index >= 15 is 0 Å². The van der Waals surface area contributed by atoms with Gasteiger partial charge in [0.25, 0.3) is 0 Å². The number of hydrogen-bond donors (Lipinski definition) is 1. The summed E-state index contributed by atoms with van der Waals surface area (Å²) in [4.78, 5) is 1.18. The van der Waals surface area contributed by atoms with Crippen molar-refractivity contribution in [1.82, 2.24) is 0 Å². The summed E-state index contributed by atoms with van der Waals surface area (Å²) in [5, 5.41) is 4.56.